The van der Waals surface area contributed by atoms with Crippen LogP contribution in [0.25, 0.3) is 16.7 Å². The molecule has 2 aromatic carbocycles. The average Bonchev–Trinajstić information content (AvgIpc) is 3.46. The second-order valence-corrected chi connectivity index (χ2v) is 8.71. The molecule has 0 aliphatic carbocycles. The molecule has 5 aromatic rings. The largest absolute Gasteiger partial charge is 0.274 e. The van der Waals surface area contributed by atoms with Crippen molar-refractivity contribution in [3.8, 4) is 5.69 Å². The molecule has 1 amide bonds. The van der Waals surface area contributed by atoms with Crippen LogP contribution in [-0.4, -0.2) is 30.6 Å². The van der Waals surface area contributed by atoms with Crippen LogP contribution in [0.4, 0.5) is 10.8 Å². The number of nitrogens with zero attached hydrogens (tertiary/aromatic N) is 6. The molecular formula is C23H18N6OS2. The molecule has 32 heavy (non-hydrogen) atoms. The van der Waals surface area contributed by atoms with Crippen molar-refractivity contribution in [1.82, 2.24) is 24.7 Å². The zero-order chi connectivity index (χ0) is 21.9. The Morgan fingerprint density at radius 2 is 1.81 bits per heavy atom. The summed E-state index contributed by atoms with van der Waals surface area (Å²) in [5.74, 6) is 0.551. The summed E-state index contributed by atoms with van der Waals surface area (Å²) in [5, 5.41) is 8.88. The van der Waals surface area contributed by atoms with E-state index in [-0.39, 0.29) is 5.91 Å². The van der Waals surface area contributed by atoms with Crippen LogP contribution >= 0.6 is 23.1 Å². The second-order valence-electron chi connectivity index (χ2n) is 6.91. The van der Waals surface area contributed by atoms with Gasteiger partial charge in [0.05, 0.1) is 28.7 Å². The monoisotopic (exact) mass is 458 g/mol. The second kappa shape index (κ2) is 8.89. The molecule has 7 nitrogen and oxygen atoms in total. The Hall–Kier alpha value is -3.56. The smallest absolute Gasteiger partial charge is 0.230 e. The summed E-state index contributed by atoms with van der Waals surface area (Å²) < 4.78 is 1.81. The lowest BCUT2D eigenvalue weighted by Gasteiger charge is -2.17. The highest BCUT2D eigenvalue weighted by Crippen LogP contribution is 2.32. The first-order valence-corrected chi connectivity index (χ1v) is 11.7. The molecule has 0 unspecified atom stereocenters. The fourth-order valence-corrected chi connectivity index (χ4v) is 5.15. The van der Waals surface area contributed by atoms with Gasteiger partial charge in [0.15, 0.2) is 10.8 Å². The maximum Gasteiger partial charge on any atom is 0.230 e. The topological polar surface area (TPSA) is 76.8 Å². The van der Waals surface area contributed by atoms with Gasteiger partial charge in [-0.2, -0.15) is 5.10 Å². The van der Waals surface area contributed by atoms with Gasteiger partial charge in [0, 0.05) is 18.1 Å². The Morgan fingerprint density at radius 1 is 1.06 bits per heavy atom. The van der Waals surface area contributed by atoms with E-state index < -0.39 is 0 Å². The van der Waals surface area contributed by atoms with Crippen molar-refractivity contribution >= 4 is 50.9 Å². The Morgan fingerprint density at radius 3 is 2.56 bits per heavy atom. The number of hydrogen-bond acceptors (Lipinski definition) is 7. The molecule has 0 atom stereocenters. The third-order valence-electron chi connectivity index (χ3n) is 4.75. The molecule has 0 aliphatic heterocycles. The van der Waals surface area contributed by atoms with E-state index in [1.807, 2.05) is 70.7 Å². The van der Waals surface area contributed by atoms with Crippen molar-refractivity contribution in [3.63, 3.8) is 0 Å². The number of carbonyl (C=O) groups excluding carboxylic acids is 1. The maximum absolute atomic E-state index is 12.3. The predicted octanol–water partition coefficient (Wildman–Crippen LogP) is 5.25. The van der Waals surface area contributed by atoms with Crippen molar-refractivity contribution < 1.29 is 4.79 Å². The summed E-state index contributed by atoms with van der Waals surface area (Å²) >= 11 is 3.03. The molecule has 0 bridgehead atoms. The number of thiazole rings is 1. The first-order valence-electron chi connectivity index (χ1n) is 9.88. The van der Waals surface area contributed by atoms with E-state index in [0.717, 1.165) is 33.1 Å². The van der Waals surface area contributed by atoms with Crippen LogP contribution in [0.5, 0.6) is 0 Å². The van der Waals surface area contributed by atoms with Crippen molar-refractivity contribution in [3.05, 3.63) is 84.3 Å². The summed E-state index contributed by atoms with van der Waals surface area (Å²) in [4.78, 5) is 27.5. The Bertz CT molecular complexity index is 1370. The van der Waals surface area contributed by atoms with Crippen molar-refractivity contribution in [2.24, 2.45) is 0 Å². The quantitative estimate of drug-likeness (QED) is 0.256. The van der Waals surface area contributed by atoms with Gasteiger partial charge in [-0.1, -0.05) is 48.2 Å². The SMILES string of the molecule is CC(=O)N(c1ccccc1)c1nc(CSc2ncnc3c2cnn3-c2ccccc2)cs1. The third-order valence-corrected chi connectivity index (χ3v) is 6.66. The van der Waals surface area contributed by atoms with Gasteiger partial charge in [0.2, 0.25) is 5.91 Å². The van der Waals surface area contributed by atoms with Gasteiger partial charge in [0.1, 0.15) is 11.4 Å². The summed E-state index contributed by atoms with van der Waals surface area (Å²) in [5.41, 5.74) is 3.41. The van der Waals surface area contributed by atoms with E-state index in [1.165, 1.54) is 11.3 Å². The number of hydrogen-bond donors (Lipinski definition) is 0. The summed E-state index contributed by atoms with van der Waals surface area (Å²) in [6.07, 6.45) is 3.36. The zero-order valence-corrected chi connectivity index (χ0v) is 18.8. The van der Waals surface area contributed by atoms with Crippen LogP contribution < -0.4 is 4.90 Å². The highest BCUT2D eigenvalue weighted by atomic mass is 32.2. The molecule has 0 spiro atoms. The number of benzene rings is 2. The summed E-state index contributed by atoms with van der Waals surface area (Å²) in [7, 11) is 0. The van der Waals surface area contributed by atoms with E-state index in [4.69, 9.17) is 4.98 Å². The van der Waals surface area contributed by atoms with E-state index in [0.29, 0.717) is 10.9 Å². The Balaban J connectivity index is 1.37. The molecule has 0 radical (unpaired) electrons. The van der Waals surface area contributed by atoms with Gasteiger partial charge in [0.25, 0.3) is 0 Å². The fourth-order valence-electron chi connectivity index (χ4n) is 3.31. The standard InChI is InChI=1S/C23H18N6OS2/c1-16(30)28(18-8-4-2-5-9-18)23-27-17(14-32-23)13-31-22-20-12-26-29(21(20)24-15-25-22)19-10-6-3-7-11-19/h2-12,14-15H,13H2,1H3. The molecule has 0 saturated heterocycles. The number of thioether (sulfide) groups is 1. The van der Waals surface area contributed by atoms with Crippen LogP contribution in [0.15, 0.2) is 83.6 Å². The van der Waals surface area contributed by atoms with Crippen LogP contribution in [-0.2, 0) is 10.5 Å². The number of aromatic nitrogens is 5. The molecule has 3 heterocycles. The Labute approximate surface area is 192 Å². The van der Waals surface area contributed by atoms with E-state index in [9.17, 15) is 4.79 Å². The van der Waals surface area contributed by atoms with Gasteiger partial charge < -0.3 is 0 Å². The van der Waals surface area contributed by atoms with Gasteiger partial charge in [-0.3, -0.25) is 9.69 Å². The lowest BCUT2D eigenvalue weighted by molar-refractivity contribution is -0.115. The molecule has 158 valence electrons. The molecule has 5 rings (SSSR count). The minimum atomic E-state index is -0.0735. The molecule has 0 fully saturated rings. The van der Waals surface area contributed by atoms with E-state index >= 15 is 0 Å². The summed E-state index contributed by atoms with van der Waals surface area (Å²) in [6.45, 7) is 1.55. The minimum Gasteiger partial charge on any atom is -0.274 e. The minimum absolute atomic E-state index is 0.0735. The number of amides is 1. The van der Waals surface area contributed by atoms with Gasteiger partial charge in [-0.25, -0.2) is 19.6 Å². The van der Waals surface area contributed by atoms with Crippen LogP contribution in [0, 0.1) is 0 Å². The van der Waals surface area contributed by atoms with Crippen molar-refractivity contribution in [1.29, 1.82) is 0 Å². The van der Waals surface area contributed by atoms with Gasteiger partial charge in [-0.15, -0.1) is 11.3 Å². The number of anilines is 2. The van der Waals surface area contributed by atoms with Crippen LogP contribution in [0.1, 0.15) is 12.6 Å². The first kappa shape index (κ1) is 20.3. The lowest BCUT2D eigenvalue weighted by atomic mass is 10.3. The van der Waals surface area contributed by atoms with Crippen LogP contribution in [0.2, 0.25) is 0 Å². The highest BCUT2D eigenvalue weighted by Gasteiger charge is 2.18. The van der Waals surface area contributed by atoms with Gasteiger partial charge >= 0.3 is 0 Å². The molecule has 9 heteroatoms. The average molecular weight is 459 g/mol. The lowest BCUT2D eigenvalue weighted by Crippen LogP contribution is -2.22. The number of fused-ring (bicyclic) bond motifs is 1. The number of rotatable bonds is 6. The number of para-hydroxylation sites is 2. The first-order chi connectivity index (χ1) is 15.7. The molecule has 0 aliphatic rings. The molecule has 0 N–H and O–H groups in total. The van der Waals surface area contributed by atoms with Gasteiger partial charge in [-0.05, 0) is 24.3 Å². The van der Waals surface area contributed by atoms with Crippen molar-refractivity contribution in [2.75, 3.05) is 4.90 Å². The van der Waals surface area contributed by atoms with E-state index in [2.05, 4.69) is 15.1 Å². The zero-order valence-electron chi connectivity index (χ0n) is 17.1. The third kappa shape index (κ3) is 4.00. The van der Waals surface area contributed by atoms with E-state index in [1.54, 1.807) is 36.1 Å². The van der Waals surface area contributed by atoms with Crippen LogP contribution in [0.3, 0.4) is 0 Å². The number of carbonyl (C=O) groups is 1. The normalized spacial score (nSPS) is 11.0. The fraction of sp³-hybridized carbons (Fsp3) is 0.0870. The highest BCUT2D eigenvalue weighted by molar-refractivity contribution is 7.98. The molecule has 3 aromatic heterocycles. The predicted molar refractivity (Wildman–Crippen MR) is 128 cm³/mol. The molecule has 0 saturated carbocycles. The Kier molecular flexibility index (Phi) is 5.66. The maximum atomic E-state index is 12.3. The summed E-state index contributed by atoms with van der Waals surface area (Å²) in [6, 6.07) is 19.4. The van der Waals surface area contributed by atoms with Crippen molar-refractivity contribution in [2.45, 2.75) is 17.7 Å². The molecular weight excluding hydrogens is 440 g/mol.